The lowest BCUT2D eigenvalue weighted by Crippen LogP contribution is -2.48. The van der Waals surface area contributed by atoms with Gasteiger partial charge in [-0.2, -0.15) is 17.6 Å². The number of hydrogen-bond donors (Lipinski definition) is 1. The average molecular weight is 364 g/mol. The van der Waals surface area contributed by atoms with Crippen LogP contribution in [0.5, 0.6) is 5.75 Å². The van der Waals surface area contributed by atoms with E-state index in [1.54, 1.807) is 7.05 Å². The van der Waals surface area contributed by atoms with Crippen molar-refractivity contribution in [1.82, 2.24) is 10.2 Å². The normalized spacial score (nSPS) is 18.4. The second-order valence-corrected chi connectivity index (χ2v) is 5.38. The van der Waals surface area contributed by atoms with E-state index in [0.717, 1.165) is 6.07 Å². The molecular weight excluding hydrogens is 348 g/mol. The van der Waals surface area contributed by atoms with Crippen LogP contribution in [0, 0.1) is 0 Å². The van der Waals surface area contributed by atoms with Crippen molar-refractivity contribution in [3.05, 3.63) is 29.8 Å². The lowest BCUT2D eigenvalue weighted by atomic mass is 10.2. The van der Waals surface area contributed by atoms with E-state index in [1.165, 1.54) is 23.1 Å². The van der Waals surface area contributed by atoms with Crippen LogP contribution in [0.15, 0.2) is 24.3 Å². The molecule has 1 aromatic rings. The van der Waals surface area contributed by atoms with Gasteiger partial charge in [-0.1, -0.05) is 12.1 Å². The van der Waals surface area contributed by atoms with Crippen LogP contribution in [0.4, 0.5) is 17.6 Å². The second kappa shape index (κ2) is 7.68. The molecule has 1 atom stereocenters. The highest BCUT2D eigenvalue weighted by Gasteiger charge is 2.44. The molecule has 0 spiro atoms. The van der Waals surface area contributed by atoms with E-state index in [2.05, 4.69) is 10.1 Å². The highest BCUT2D eigenvalue weighted by atomic mass is 19.3. The number of carbonyl (C=O) groups is 2. The van der Waals surface area contributed by atoms with Gasteiger partial charge in [0.15, 0.2) is 0 Å². The Bertz CT molecular complexity index is 642. The highest BCUT2D eigenvalue weighted by Crippen LogP contribution is 2.29. The Kier molecular flexibility index (Phi) is 5.83. The van der Waals surface area contributed by atoms with E-state index < -0.39 is 30.3 Å². The van der Waals surface area contributed by atoms with E-state index in [4.69, 9.17) is 4.74 Å². The Morgan fingerprint density at radius 1 is 1.44 bits per heavy atom. The van der Waals surface area contributed by atoms with E-state index in [9.17, 15) is 27.2 Å². The van der Waals surface area contributed by atoms with Gasteiger partial charge in [0.1, 0.15) is 12.4 Å². The molecule has 6 nitrogen and oxygen atoms in total. The van der Waals surface area contributed by atoms with Crippen molar-refractivity contribution in [2.45, 2.75) is 18.6 Å². The standard InChI is InChI=1S/C15H16F4N2O4/c1-21-7-9(24-8-12(21)22)6-20-13(23)10-4-2-3-5-11(10)25-15(18,19)14(16)17/h2-5,9,14H,6-8H2,1H3,(H,20,23). The maximum atomic E-state index is 13.1. The molecular formula is C15H16F4N2O4. The topological polar surface area (TPSA) is 67.9 Å². The predicted molar refractivity (Wildman–Crippen MR) is 77.7 cm³/mol. The molecule has 0 aliphatic carbocycles. The van der Waals surface area contributed by atoms with Crippen molar-refractivity contribution in [3.63, 3.8) is 0 Å². The Morgan fingerprint density at radius 3 is 2.76 bits per heavy atom. The van der Waals surface area contributed by atoms with E-state index in [1.807, 2.05) is 0 Å². The number of nitrogens with one attached hydrogen (secondary N) is 1. The largest absolute Gasteiger partial charge is 0.461 e. The molecule has 0 radical (unpaired) electrons. The first kappa shape index (κ1) is 19.0. The first-order chi connectivity index (χ1) is 11.7. The summed E-state index contributed by atoms with van der Waals surface area (Å²) in [6.07, 6.45) is -9.22. The third-order valence-electron chi connectivity index (χ3n) is 3.47. The van der Waals surface area contributed by atoms with E-state index in [-0.39, 0.29) is 31.2 Å². The van der Waals surface area contributed by atoms with Gasteiger partial charge in [-0.25, -0.2) is 0 Å². The molecule has 10 heteroatoms. The number of ether oxygens (including phenoxy) is 2. The number of alkyl halides is 4. The van der Waals surface area contributed by atoms with E-state index in [0.29, 0.717) is 0 Å². The lowest BCUT2D eigenvalue weighted by Gasteiger charge is -2.30. The number of morpholine rings is 1. The molecule has 1 saturated heterocycles. The number of halogens is 4. The summed E-state index contributed by atoms with van der Waals surface area (Å²) in [5, 5.41) is 2.45. The smallest absolute Gasteiger partial charge is 0.427 e. The summed E-state index contributed by atoms with van der Waals surface area (Å²) in [5.41, 5.74) is -0.317. The fraction of sp³-hybridized carbons (Fsp3) is 0.467. The molecule has 2 rings (SSSR count). The van der Waals surface area contributed by atoms with Gasteiger partial charge in [0.25, 0.3) is 5.91 Å². The fourth-order valence-corrected chi connectivity index (χ4v) is 2.12. The number of benzene rings is 1. The highest BCUT2D eigenvalue weighted by molar-refractivity contribution is 5.96. The fourth-order valence-electron chi connectivity index (χ4n) is 2.12. The van der Waals surface area contributed by atoms with Crippen LogP contribution in [-0.4, -0.2) is 62.1 Å². The van der Waals surface area contributed by atoms with Crippen molar-refractivity contribution in [1.29, 1.82) is 0 Å². The summed E-state index contributed by atoms with van der Waals surface area (Å²) >= 11 is 0. The zero-order chi connectivity index (χ0) is 18.6. The molecule has 1 fully saturated rings. The molecule has 1 heterocycles. The Hall–Kier alpha value is -2.36. The molecule has 1 N–H and O–H groups in total. The summed E-state index contributed by atoms with van der Waals surface area (Å²) in [6.45, 7) is 0.133. The Morgan fingerprint density at radius 2 is 2.12 bits per heavy atom. The minimum Gasteiger partial charge on any atom is -0.427 e. The summed E-state index contributed by atoms with van der Waals surface area (Å²) in [6, 6.07) is 4.82. The predicted octanol–water partition coefficient (Wildman–Crippen LogP) is 1.51. The van der Waals surface area contributed by atoms with Gasteiger partial charge in [0, 0.05) is 20.1 Å². The number of likely N-dealkylation sites (N-methyl/N-ethyl adjacent to an activating group) is 1. The third kappa shape index (κ3) is 4.81. The molecule has 1 aromatic carbocycles. The SMILES string of the molecule is CN1CC(CNC(=O)c2ccccc2OC(F)(F)C(F)F)OCC1=O. The zero-order valence-electron chi connectivity index (χ0n) is 13.2. The van der Waals surface area contributed by atoms with Gasteiger partial charge in [0.05, 0.1) is 11.7 Å². The minimum atomic E-state index is -4.72. The van der Waals surface area contributed by atoms with Crippen molar-refractivity contribution >= 4 is 11.8 Å². The monoisotopic (exact) mass is 364 g/mol. The molecule has 0 saturated carbocycles. The average Bonchev–Trinajstić information content (AvgIpc) is 2.55. The quantitative estimate of drug-likeness (QED) is 0.777. The van der Waals surface area contributed by atoms with Crippen molar-refractivity contribution in [2.24, 2.45) is 0 Å². The van der Waals surface area contributed by atoms with Crippen LogP contribution in [0.1, 0.15) is 10.4 Å². The van der Waals surface area contributed by atoms with Gasteiger partial charge in [-0.15, -0.1) is 0 Å². The first-order valence-electron chi connectivity index (χ1n) is 7.28. The van der Waals surface area contributed by atoms with Gasteiger partial charge < -0.3 is 19.7 Å². The maximum absolute atomic E-state index is 13.1. The Labute approximate surface area is 140 Å². The molecule has 1 unspecified atom stereocenters. The Balaban J connectivity index is 2.01. The van der Waals surface area contributed by atoms with Gasteiger partial charge in [-0.3, -0.25) is 9.59 Å². The number of nitrogens with zero attached hydrogens (tertiary/aromatic N) is 1. The van der Waals surface area contributed by atoms with Crippen molar-refractivity contribution < 1.29 is 36.6 Å². The minimum absolute atomic E-state index is 0.00995. The number of para-hydroxylation sites is 1. The maximum Gasteiger partial charge on any atom is 0.461 e. The molecule has 1 aliphatic rings. The number of rotatable bonds is 6. The molecule has 25 heavy (non-hydrogen) atoms. The third-order valence-corrected chi connectivity index (χ3v) is 3.47. The number of amides is 2. The number of carbonyl (C=O) groups excluding carboxylic acids is 2. The summed E-state index contributed by atoms with van der Waals surface area (Å²) in [4.78, 5) is 24.9. The summed E-state index contributed by atoms with van der Waals surface area (Å²) < 4.78 is 59.9. The summed E-state index contributed by atoms with van der Waals surface area (Å²) in [7, 11) is 1.58. The molecule has 0 aromatic heterocycles. The van der Waals surface area contributed by atoms with Gasteiger partial charge in [-0.05, 0) is 12.1 Å². The van der Waals surface area contributed by atoms with Crippen molar-refractivity contribution in [3.8, 4) is 5.75 Å². The molecule has 2 amide bonds. The molecule has 0 bridgehead atoms. The van der Waals surface area contributed by atoms with Gasteiger partial charge >= 0.3 is 12.5 Å². The number of hydrogen-bond acceptors (Lipinski definition) is 4. The molecule has 138 valence electrons. The zero-order valence-corrected chi connectivity index (χ0v) is 13.2. The van der Waals surface area contributed by atoms with Crippen LogP contribution in [0.25, 0.3) is 0 Å². The summed E-state index contributed by atoms with van der Waals surface area (Å²) in [5.74, 6) is -1.65. The van der Waals surface area contributed by atoms with Crippen molar-refractivity contribution in [2.75, 3.05) is 26.7 Å². The lowest BCUT2D eigenvalue weighted by molar-refractivity contribution is -0.253. The molecule has 1 aliphatic heterocycles. The van der Waals surface area contributed by atoms with Crippen LogP contribution < -0.4 is 10.1 Å². The van der Waals surface area contributed by atoms with E-state index >= 15 is 0 Å². The van der Waals surface area contributed by atoms with Crippen LogP contribution in [0.3, 0.4) is 0 Å². The second-order valence-electron chi connectivity index (χ2n) is 5.38. The van der Waals surface area contributed by atoms with Crippen LogP contribution >= 0.6 is 0 Å². The van der Waals surface area contributed by atoms with Gasteiger partial charge in [0.2, 0.25) is 5.91 Å². The van der Waals surface area contributed by atoms with Crippen LogP contribution in [-0.2, 0) is 9.53 Å². The first-order valence-corrected chi connectivity index (χ1v) is 7.28. The van der Waals surface area contributed by atoms with Crippen LogP contribution in [0.2, 0.25) is 0 Å².